The minimum Gasteiger partial charge on any atom is -0.282 e. The number of halogens is 1. The van der Waals surface area contributed by atoms with Crippen molar-refractivity contribution in [2.75, 3.05) is 0 Å². The van der Waals surface area contributed by atoms with E-state index in [1.807, 2.05) is 54.6 Å². The Kier molecular flexibility index (Phi) is 4.10. The van der Waals surface area contributed by atoms with Gasteiger partial charge in [-0.1, -0.05) is 58.4 Å². The summed E-state index contributed by atoms with van der Waals surface area (Å²) in [5.41, 5.74) is 1.99. The van der Waals surface area contributed by atoms with E-state index < -0.39 is 5.91 Å². The van der Waals surface area contributed by atoms with E-state index in [4.69, 9.17) is 5.41 Å². The molecule has 0 unspecified atom stereocenters. The zero-order chi connectivity index (χ0) is 17.4. The Bertz CT molecular complexity index is 964. The maximum atomic E-state index is 12.4. The molecule has 0 bridgehead atoms. The van der Waals surface area contributed by atoms with E-state index in [-0.39, 0.29) is 11.4 Å². The number of benzene rings is 2. The Balaban J connectivity index is 1.69. The van der Waals surface area contributed by atoms with Gasteiger partial charge in [-0.2, -0.15) is 15.1 Å². The van der Waals surface area contributed by atoms with Gasteiger partial charge in [0.2, 0.25) is 5.17 Å². The molecule has 0 saturated heterocycles. The summed E-state index contributed by atoms with van der Waals surface area (Å²) < 4.78 is 0.952. The zero-order valence-electron chi connectivity index (χ0n) is 12.8. The van der Waals surface area contributed by atoms with Crippen molar-refractivity contribution in [2.45, 2.75) is 0 Å². The number of nitrogens with one attached hydrogen (secondary N) is 1. The summed E-state index contributed by atoms with van der Waals surface area (Å²) in [6.45, 7) is 0. The molecule has 2 aliphatic heterocycles. The van der Waals surface area contributed by atoms with Crippen molar-refractivity contribution < 1.29 is 4.79 Å². The predicted octanol–water partition coefficient (Wildman–Crippen LogP) is 4.12. The quantitative estimate of drug-likeness (QED) is 0.757. The van der Waals surface area contributed by atoms with Crippen molar-refractivity contribution in [2.24, 2.45) is 10.1 Å². The standard InChI is InChI=1S/C18H11BrN4OS/c19-13-8-6-11(7-9-13)10-14-15(20)23-18(21-16(14)24)25-17(22-23)12-4-2-1-3-5-12/h1-10,20H. The van der Waals surface area contributed by atoms with Crippen LogP contribution in [0, 0.1) is 5.41 Å². The molecule has 2 heterocycles. The third-order valence-corrected chi connectivity index (χ3v) is 5.14. The van der Waals surface area contributed by atoms with E-state index in [2.05, 4.69) is 26.0 Å². The lowest BCUT2D eigenvalue weighted by atomic mass is 10.1. The molecule has 0 aromatic heterocycles. The predicted molar refractivity (Wildman–Crippen MR) is 105 cm³/mol. The number of hydrogen-bond acceptors (Lipinski definition) is 4. The molecule has 2 aromatic rings. The van der Waals surface area contributed by atoms with Gasteiger partial charge in [-0.15, -0.1) is 0 Å². The first-order valence-electron chi connectivity index (χ1n) is 7.43. The molecule has 0 fully saturated rings. The summed E-state index contributed by atoms with van der Waals surface area (Å²) in [4.78, 5) is 16.5. The normalized spacial score (nSPS) is 18.3. The number of hydrogen-bond donors (Lipinski definition) is 1. The summed E-state index contributed by atoms with van der Waals surface area (Å²) >= 11 is 4.68. The second kappa shape index (κ2) is 6.42. The van der Waals surface area contributed by atoms with E-state index in [1.54, 1.807) is 6.08 Å². The molecule has 2 aromatic carbocycles. The third kappa shape index (κ3) is 3.08. The highest BCUT2D eigenvalue weighted by atomic mass is 79.9. The van der Waals surface area contributed by atoms with Gasteiger partial charge < -0.3 is 0 Å². The maximum absolute atomic E-state index is 12.4. The lowest BCUT2D eigenvalue weighted by molar-refractivity contribution is -0.114. The molecule has 0 aliphatic carbocycles. The minimum absolute atomic E-state index is 0.0383. The summed E-state index contributed by atoms with van der Waals surface area (Å²) in [5.74, 6) is -0.382. The average Bonchev–Trinajstić information content (AvgIpc) is 3.05. The van der Waals surface area contributed by atoms with Crippen LogP contribution in [0.25, 0.3) is 6.08 Å². The van der Waals surface area contributed by atoms with Crippen LogP contribution in [0.5, 0.6) is 0 Å². The number of nitrogens with zero attached hydrogens (tertiary/aromatic N) is 3. The highest BCUT2D eigenvalue weighted by Crippen LogP contribution is 2.30. The first-order chi connectivity index (χ1) is 12.1. The number of rotatable bonds is 2. The lowest BCUT2D eigenvalue weighted by Crippen LogP contribution is -2.35. The Hall–Kier alpha value is -2.51. The van der Waals surface area contributed by atoms with Gasteiger partial charge in [0.1, 0.15) is 5.04 Å². The second-order valence-electron chi connectivity index (χ2n) is 5.34. The van der Waals surface area contributed by atoms with Crippen molar-refractivity contribution in [3.05, 3.63) is 75.8 Å². The van der Waals surface area contributed by atoms with Crippen LogP contribution < -0.4 is 0 Å². The fourth-order valence-electron chi connectivity index (χ4n) is 2.42. The number of aliphatic imine (C=N–C) groups is 1. The molecule has 5 nitrogen and oxygen atoms in total. The van der Waals surface area contributed by atoms with Gasteiger partial charge in [-0.3, -0.25) is 10.2 Å². The van der Waals surface area contributed by atoms with Crippen LogP contribution in [0.3, 0.4) is 0 Å². The number of fused-ring (bicyclic) bond motifs is 1. The summed E-state index contributed by atoms with van der Waals surface area (Å²) in [7, 11) is 0. The molecular formula is C18H11BrN4OS. The Morgan fingerprint density at radius 1 is 1.08 bits per heavy atom. The molecule has 0 radical (unpaired) electrons. The van der Waals surface area contributed by atoms with Crippen LogP contribution in [-0.2, 0) is 4.79 Å². The Morgan fingerprint density at radius 3 is 2.52 bits per heavy atom. The molecule has 2 aliphatic rings. The molecule has 4 rings (SSSR count). The van der Waals surface area contributed by atoms with Crippen LogP contribution >= 0.6 is 27.7 Å². The number of thioether (sulfide) groups is 1. The number of carbonyl (C=O) groups excluding carboxylic acids is 1. The average molecular weight is 411 g/mol. The van der Waals surface area contributed by atoms with Gasteiger partial charge in [-0.05, 0) is 35.5 Å². The SMILES string of the molecule is N=C1C(=Cc2ccc(Br)cc2)C(=O)N=C2SC(c3ccccc3)=NN12. The smallest absolute Gasteiger partial charge is 0.282 e. The molecule has 0 saturated carbocycles. The van der Waals surface area contributed by atoms with Crippen molar-refractivity contribution in [3.8, 4) is 0 Å². The van der Waals surface area contributed by atoms with E-state index >= 15 is 0 Å². The van der Waals surface area contributed by atoms with Crippen LogP contribution in [0.1, 0.15) is 11.1 Å². The largest absolute Gasteiger partial charge is 0.283 e. The molecular weight excluding hydrogens is 400 g/mol. The molecule has 7 heteroatoms. The maximum Gasteiger partial charge on any atom is 0.283 e. The van der Waals surface area contributed by atoms with Crippen LogP contribution in [0.4, 0.5) is 0 Å². The number of amidine groups is 2. The van der Waals surface area contributed by atoms with Crippen molar-refractivity contribution in [3.63, 3.8) is 0 Å². The van der Waals surface area contributed by atoms with Crippen molar-refractivity contribution in [1.82, 2.24) is 5.01 Å². The molecule has 0 atom stereocenters. The molecule has 1 amide bonds. The molecule has 0 spiro atoms. The van der Waals surface area contributed by atoms with E-state index in [9.17, 15) is 4.79 Å². The second-order valence-corrected chi connectivity index (χ2v) is 7.21. The summed E-state index contributed by atoms with van der Waals surface area (Å²) in [6.07, 6.45) is 1.66. The van der Waals surface area contributed by atoms with Crippen molar-refractivity contribution >= 4 is 55.7 Å². The Labute approximate surface area is 156 Å². The molecule has 122 valence electrons. The van der Waals surface area contributed by atoms with Crippen LogP contribution in [-0.4, -0.2) is 27.0 Å². The van der Waals surface area contributed by atoms with Crippen LogP contribution in [0.15, 0.2) is 74.7 Å². The number of carbonyl (C=O) groups is 1. The van der Waals surface area contributed by atoms with Crippen molar-refractivity contribution in [1.29, 1.82) is 5.41 Å². The first-order valence-corrected chi connectivity index (χ1v) is 9.04. The van der Waals surface area contributed by atoms with Gasteiger partial charge in [0.15, 0.2) is 5.84 Å². The number of hydrazone groups is 1. The minimum atomic E-state index is -0.420. The fourth-order valence-corrected chi connectivity index (χ4v) is 3.58. The molecule has 25 heavy (non-hydrogen) atoms. The van der Waals surface area contributed by atoms with Gasteiger partial charge in [0.05, 0.1) is 5.57 Å². The first kappa shape index (κ1) is 16.0. The van der Waals surface area contributed by atoms with Crippen LogP contribution in [0.2, 0.25) is 0 Å². The highest BCUT2D eigenvalue weighted by molar-refractivity contribution is 9.10. The van der Waals surface area contributed by atoms with E-state index in [0.717, 1.165) is 20.6 Å². The van der Waals surface area contributed by atoms with Gasteiger partial charge in [0, 0.05) is 10.0 Å². The van der Waals surface area contributed by atoms with E-state index in [0.29, 0.717) is 5.17 Å². The lowest BCUT2D eigenvalue weighted by Gasteiger charge is -2.20. The summed E-state index contributed by atoms with van der Waals surface area (Å²) in [5, 5.41) is 15.4. The fraction of sp³-hybridized carbons (Fsp3) is 0. The molecule has 1 N–H and O–H groups in total. The Morgan fingerprint density at radius 2 is 1.80 bits per heavy atom. The topological polar surface area (TPSA) is 68.9 Å². The monoisotopic (exact) mass is 410 g/mol. The van der Waals surface area contributed by atoms with Gasteiger partial charge in [0.25, 0.3) is 5.91 Å². The summed E-state index contributed by atoms with van der Waals surface area (Å²) in [6, 6.07) is 17.2. The highest BCUT2D eigenvalue weighted by Gasteiger charge is 2.35. The van der Waals surface area contributed by atoms with Gasteiger partial charge in [-0.25, -0.2) is 0 Å². The van der Waals surface area contributed by atoms with Gasteiger partial charge >= 0.3 is 0 Å². The zero-order valence-corrected chi connectivity index (χ0v) is 15.2. The number of amides is 1. The van der Waals surface area contributed by atoms with E-state index in [1.165, 1.54) is 16.8 Å². The third-order valence-electron chi connectivity index (χ3n) is 3.66.